The van der Waals surface area contributed by atoms with Gasteiger partial charge in [0.2, 0.25) is 0 Å². The number of hydrogen-bond donors (Lipinski definition) is 1. The molecule has 0 fully saturated rings. The van der Waals surface area contributed by atoms with Crippen LogP contribution in [0.15, 0.2) is 43.0 Å². The second kappa shape index (κ2) is 7.39. The molecule has 0 radical (unpaired) electrons. The van der Waals surface area contributed by atoms with Crippen LogP contribution >= 0.6 is 18.0 Å². The van der Waals surface area contributed by atoms with E-state index in [0.717, 1.165) is 0 Å². The van der Waals surface area contributed by atoms with Crippen molar-refractivity contribution in [2.45, 2.75) is 13.0 Å². The molecule has 1 unspecified atom stereocenters. The molecule has 2 N–H and O–H groups in total. The largest absolute Gasteiger partial charge is 0.431 e. The summed E-state index contributed by atoms with van der Waals surface area (Å²) in [5, 5.41) is 0. The maximum absolute atomic E-state index is 12.3. The van der Waals surface area contributed by atoms with Crippen LogP contribution in [0.3, 0.4) is 0 Å². The molecule has 10 heteroatoms. The molecule has 0 aliphatic rings. The number of aromatic nitrogens is 4. The van der Waals surface area contributed by atoms with E-state index in [0.29, 0.717) is 22.7 Å². The predicted molar refractivity (Wildman–Crippen MR) is 95.8 cm³/mol. The first-order valence-electron chi connectivity index (χ1n) is 7.50. The van der Waals surface area contributed by atoms with Gasteiger partial charge in [0.05, 0.1) is 19.0 Å². The summed E-state index contributed by atoms with van der Waals surface area (Å²) in [6.07, 6.45) is 2.78. The van der Waals surface area contributed by atoms with Gasteiger partial charge in [-0.3, -0.25) is 4.57 Å². The van der Waals surface area contributed by atoms with Crippen LogP contribution in [0.5, 0.6) is 5.75 Å². The zero-order valence-corrected chi connectivity index (χ0v) is 15.1. The van der Waals surface area contributed by atoms with E-state index in [1.165, 1.54) is 6.33 Å². The van der Waals surface area contributed by atoms with Gasteiger partial charge in [0.1, 0.15) is 23.9 Å². The maximum atomic E-state index is 12.3. The van der Waals surface area contributed by atoms with Gasteiger partial charge in [-0.05, 0) is 30.3 Å². The molecular formula is C15H17ClN5O3P. The number of rotatable bonds is 7. The Kier molecular flexibility index (Phi) is 5.22. The van der Waals surface area contributed by atoms with Gasteiger partial charge in [0.25, 0.3) is 0 Å². The topological polar surface area (TPSA) is 105 Å². The highest BCUT2D eigenvalue weighted by Crippen LogP contribution is 2.52. The molecule has 0 bridgehead atoms. The fourth-order valence-corrected chi connectivity index (χ4v) is 3.53. The molecular weight excluding hydrogens is 365 g/mol. The van der Waals surface area contributed by atoms with Gasteiger partial charge in [0.15, 0.2) is 11.5 Å². The minimum atomic E-state index is -3.42. The average molecular weight is 382 g/mol. The molecule has 0 amide bonds. The SMILES string of the molecule is C[C@H](COCP(=O)(Cl)Oc1ccccc1)n1cnc2c(N)ncnc21. The van der Waals surface area contributed by atoms with Crippen LogP contribution in [0, 0.1) is 0 Å². The minimum Gasteiger partial charge on any atom is -0.431 e. The van der Waals surface area contributed by atoms with Gasteiger partial charge in [-0.2, -0.15) is 0 Å². The molecule has 2 aromatic heterocycles. The number of para-hydroxylation sites is 1. The van der Waals surface area contributed by atoms with Crippen LogP contribution < -0.4 is 10.3 Å². The molecule has 0 spiro atoms. The third-order valence-electron chi connectivity index (χ3n) is 3.45. The van der Waals surface area contributed by atoms with Crippen LogP contribution in [0.25, 0.3) is 11.2 Å². The lowest BCUT2D eigenvalue weighted by Crippen LogP contribution is -2.13. The Balaban J connectivity index is 1.59. The molecule has 8 nitrogen and oxygen atoms in total. The Bertz CT molecular complexity index is 905. The monoisotopic (exact) mass is 381 g/mol. The third kappa shape index (κ3) is 4.28. The Morgan fingerprint density at radius 3 is 2.80 bits per heavy atom. The lowest BCUT2D eigenvalue weighted by atomic mass is 10.3. The molecule has 132 valence electrons. The van der Waals surface area contributed by atoms with Crippen LogP contribution in [0.2, 0.25) is 0 Å². The minimum absolute atomic E-state index is 0.118. The van der Waals surface area contributed by atoms with E-state index in [1.54, 1.807) is 30.6 Å². The number of anilines is 1. The zero-order chi connectivity index (χ0) is 17.9. The Labute approximate surface area is 149 Å². The number of ether oxygens (including phenoxy) is 1. The summed E-state index contributed by atoms with van der Waals surface area (Å²) in [5.74, 6) is 0.753. The Hall–Kier alpha value is -2.15. The second-order valence-electron chi connectivity index (χ2n) is 5.43. The number of imidazole rings is 1. The maximum Gasteiger partial charge on any atom is 0.361 e. The fourth-order valence-electron chi connectivity index (χ4n) is 2.27. The van der Waals surface area contributed by atoms with Gasteiger partial charge in [0, 0.05) is 0 Å². The molecule has 0 saturated carbocycles. The van der Waals surface area contributed by atoms with Crippen molar-refractivity contribution in [1.29, 1.82) is 0 Å². The molecule has 0 saturated heterocycles. The number of nitrogens with two attached hydrogens (primary N) is 1. The van der Waals surface area contributed by atoms with Crippen molar-refractivity contribution in [3.63, 3.8) is 0 Å². The van der Waals surface area contributed by atoms with Crippen LogP contribution in [-0.2, 0) is 9.30 Å². The zero-order valence-electron chi connectivity index (χ0n) is 13.4. The van der Waals surface area contributed by atoms with E-state index in [-0.39, 0.29) is 19.0 Å². The van der Waals surface area contributed by atoms with Gasteiger partial charge < -0.3 is 19.6 Å². The van der Waals surface area contributed by atoms with Gasteiger partial charge in [-0.1, -0.05) is 18.2 Å². The van der Waals surface area contributed by atoms with Crippen molar-refractivity contribution in [2.75, 3.05) is 18.7 Å². The first kappa shape index (κ1) is 17.7. The number of nitrogen functional groups attached to an aromatic ring is 1. The number of hydrogen-bond acceptors (Lipinski definition) is 7. The van der Waals surface area contributed by atoms with Crippen LogP contribution in [0.1, 0.15) is 13.0 Å². The highest BCUT2D eigenvalue weighted by molar-refractivity contribution is 7.85. The van der Waals surface area contributed by atoms with E-state index < -0.39 is 6.72 Å². The summed E-state index contributed by atoms with van der Waals surface area (Å²) in [4.78, 5) is 12.3. The van der Waals surface area contributed by atoms with Crippen molar-refractivity contribution < 1.29 is 13.8 Å². The number of nitrogens with zero attached hydrogens (tertiary/aromatic N) is 4. The second-order valence-corrected chi connectivity index (χ2v) is 8.59. The summed E-state index contributed by atoms with van der Waals surface area (Å²) >= 11 is 5.95. The van der Waals surface area contributed by atoms with E-state index in [2.05, 4.69) is 15.0 Å². The molecule has 3 rings (SSSR count). The molecule has 1 aromatic carbocycles. The van der Waals surface area contributed by atoms with Crippen molar-refractivity contribution in [3.05, 3.63) is 43.0 Å². The molecule has 2 atom stereocenters. The van der Waals surface area contributed by atoms with E-state index in [1.807, 2.05) is 17.6 Å². The van der Waals surface area contributed by atoms with Crippen LogP contribution in [0.4, 0.5) is 5.82 Å². The quantitative estimate of drug-likeness (QED) is 0.625. The lowest BCUT2D eigenvalue weighted by molar-refractivity contribution is 0.141. The molecule has 3 aromatic rings. The third-order valence-corrected chi connectivity index (χ3v) is 4.93. The van der Waals surface area contributed by atoms with Crippen molar-refractivity contribution in [1.82, 2.24) is 19.5 Å². The highest BCUT2D eigenvalue weighted by Gasteiger charge is 2.22. The summed E-state index contributed by atoms with van der Waals surface area (Å²) in [6, 6.07) is 8.61. The van der Waals surface area contributed by atoms with Gasteiger partial charge in [-0.15, -0.1) is 0 Å². The number of halogens is 1. The predicted octanol–water partition coefficient (Wildman–Crippen LogP) is 3.45. The summed E-state index contributed by atoms with van der Waals surface area (Å²) in [7, 11) is 0. The average Bonchev–Trinajstić information content (AvgIpc) is 3.00. The molecule has 0 aliphatic carbocycles. The summed E-state index contributed by atoms with van der Waals surface area (Å²) in [6.45, 7) is -1.26. The lowest BCUT2D eigenvalue weighted by Gasteiger charge is -2.16. The molecule has 0 aliphatic heterocycles. The fraction of sp³-hybridized carbons (Fsp3) is 0.267. The van der Waals surface area contributed by atoms with E-state index >= 15 is 0 Å². The smallest absolute Gasteiger partial charge is 0.361 e. The number of fused-ring (bicyclic) bond motifs is 1. The van der Waals surface area contributed by atoms with E-state index in [9.17, 15) is 4.57 Å². The number of benzene rings is 1. The van der Waals surface area contributed by atoms with E-state index in [4.69, 9.17) is 26.2 Å². The first-order chi connectivity index (χ1) is 12.0. The Morgan fingerprint density at radius 2 is 2.04 bits per heavy atom. The van der Waals surface area contributed by atoms with Crippen molar-refractivity contribution >= 4 is 34.9 Å². The van der Waals surface area contributed by atoms with Gasteiger partial charge in [-0.25, -0.2) is 15.0 Å². The standard InChI is InChI=1S/C15H17ClN5O3P/c1-11(21-9-20-13-14(17)18-8-19-15(13)21)7-23-10-25(16,22)24-12-5-3-2-4-6-12/h2-6,8-9,11H,7,10H2,1H3,(H2,17,18,19)/t11-,25?/m1/s1. The highest BCUT2D eigenvalue weighted by atomic mass is 35.7. The first-order valence-corrected chi connectivity index (χ1v) is 10.2. The molecule has 25 heavy (non-hydrogen) atoms. The Morgan fingerprint density at radius 1 is 1.28 bits per heavy atom. The van der Waals surface area contributed by atoms with Crippen molar-refractivity contribution in [2.24, 2.45) is 0 Å². The van der Waals surface area contributed by atoms with Gasteiger partial charge >= 0.3 is 6.72 Å². The molecule has 2 heterocycles. The van der Waals surface area contributed by atoms with Crippen molar-refractivity contribution in [3.8, 4) is 5.75 Å². The normalized spacial score (nSPS) is 15.0. The summed E-state index contributed by atoms with van der Waals surface area (Å²) < 4.78 is 24.9. The summed E-state index contributed by atoms with van der Waals surface area (Å²) in [5.41, 5.74) is 6.91. The van der Waals surface area contributed by atoms with Crippen LogP contribution in [-0.4, -0.2) is 32.5 Å².